The molecule has 2 rings (SSSR count). The van der Waals surface area contributed by atoms with Crippen molar-refractivity contribution in [3.63, 3.8) is 0 Å². The zero-order chi connectivity index (χ0) is 15.3. The molecule has 0 aliphatic carbocycles. The molecule has 1 aromatic rings. The first-order valence-corrected chi connectivity index (χ1v) is 6.77. The quantitative estimate of drug-likeness (QED) is 0.787. The first kappa shape index (κ1) is 15.4. The Bertz CT molecular complexity index is 555. The maximum absolute atomic E-state index is 11.5. The fraction of sp³-hybridized carbons (Fsp3) is 0.333. The number of hydrogen-bond donors (Lipinski definition) is 2. The van der Waals surface area contributed by atoms with Crippen LogP contribution in [0.25, 0.3) is 0 Å². The van der Waals surface area contributed by atoms with Crippen molar-refractivity contribution in [3.05, 3.63) is 47.8 Å². The summed E-state index contributed by atoms with van der Waals surface area (Å²) >= 11 is 0. The molecule has 1 aromatic carbocycles. The molecule has 0 aromatic heterocycles. The van der Waals surface area contributed by atoms with Crippen LogP contribution >= 0.6 is 0 Å². The highest BCUT2D eigenvalue weighted by Crippen LogP contribution is 2.21. The first-order valence-electron chi connectivity index (χ1n) is 6.77. The molecule has 1 unspecified atom stereocenters. The molecule has 0 bridgehead atoms. The molecule has 0 saturated heterocycles. The lowest BCUT2D eigenvalue weighted by molar-refractivity contribution is -0.730. The molecule has 1 aliphatic rings. The normalized spacial score (nSPS) is 22.1. The third kappa shape index (κ3) is 3.98. The standard InChI is InChI=1S/C15H19N3O3/c1-12(16)7-14-8-18(10-17-14,15(19)20)11-21-9-13-5-3-2-4-6-13/h2-6,8,10,12H,7,9,11,16H2,1H3/p+1/t12-,18?/m1/s1. The molecule has 112 valence electrons. The van der Waals surface area contributed by atoms with E-state index in [1.807, 2.05) is 37.3 Å². The van der Waals surface area contributed by atoms with Crippen molar-refractivity contribution >= 4 is 12.4 Å². The van der Waals surface area contributed by atoms with Gasteiger partial charge in [-0.3, -0.25) is 0 Å². The Hall–Kier alpha value is -2.02. The van der Waals surface area contributed by atoms with E-state index in [0.717, 1.165) is 5.56 Å². The minimum atomic E-state index is -1.02. The van der Waals surface area contributed by atoms with E-state index in [1.54, 1.807) is 6.20 Å². The summed E-state index contributed by atoms with van der Waals surface area (Å²) in [6.45, 7) is 2.21. The highest BCUT2D eigenvalue weighted by molar-refractivity contribution is 5.72. The van der Waals surface area contributed by atoms with Gasteiger partial charge in [0.15, 0.2) is 0 Å². The van der Waals surface area contributed by atoms with Gasteiger partial charge in [0.25, 0.3) is 0 Å². The Morgan fingerprint density at radius 1 is 1.43 bits per heavy atom. The molecule has 0 fully saturated rings. The van der Waals surface area contributed by atoms with Crippen LogP contribution in [0.15, 0.2) is 47.2 Å². The number of amides is 1. The summed E-state index contributed by atoms with van der Waals surface area (Å²) in [6, 6.07) is 9.55. The van der Waals surface area contributed by atoms with Crippen molar-refractivity contribution in [2.75, 3.05) is 6.73 Å². The summed E-state index contributed by atoms with van der Waals surface area (Å²) in [6.07, 6.45) is 2.48. The first-order chi connectivity index (χ1) is 10.0. The zero-order valence-corrected chi connectivity index (χ0v) is 12.0. The Kier molecular flexibility index (Phi) is 4.85. The predicted molar refractivity (Wildman–Crippen MR) is 79.2 cm³/mol. The number of carboxylic acid groups (broad SMARTS) is 1. The summed E-state index contributed by atoms with van der Waals surface area (Å²) in [5, 5.41) is 9.44. The Labute approximate surface area is 123 Å². The molecule has 0 radical (unpaired) electrons. The molecule has 6 heteroatoms. The van der Waals surface area contributed by atoms with Gasteiger partial charge in [0.05, 0.1) is 6.61 Å². The van der Waals surface area contributed by atoms with Gasteiger partial charge in [-0.15, -0.1) is 4.48 Å². The van der Waals surface area contributed by atoms with Crippen LogP contribution in [0, 0.1) is 0 Å². The number of rotatable bonds is 6. The topological polar surface area (TPSA) is 84.9 Å². The lowest BCUT2D eigenvalue weighted by Crippen LogP contribution is -2.46. The maximum atomic E-state index is 11.5. The highest BCUT2D eigenvalue weighted by Gasteiger charge is 2.38. The van der Waals surface area contributed by atoms with Gasteiger partial charge in [-0.1, -0.05) is 30.3 Å². The molecule has 1 amide bonds. The molecule has 21 heavy (non-hydrogen) atoms. The van der Waals surface area contributed by atoms with Crippen LogP contribution in [-0.4, -0.2) is 34.8 Å². The summed E-state index contributed by atoms with van der Waals surface area (Å²) in [7, 11) is 0. The lowest BCUT2D eigenvalue weighted by Gasteiger charge is -2.20. The summed E-state index contributed by atoms with van der Waals surface area (Å²) in [4.78, 5) is 15.7. The van der Waals surface area contributed by atoms with Gasteiger partial charge >= 0.3 is 6.09 Å². The van der Waals surface area contributed by atoms with Gasteiger partial charge in [-0.05, 0) is 12.5 Å². The fourth-order valence-electron chi connectivity index (χ4n) is 2.06. The minimum absolute atomic E-state index is 0.00379. The Morgan fingerprint density at radius 2 is 2.14 bits per heavy atom. The number of ether oxygens (including phenoxy) is 1. The molecule has 3 N–H and O–H groups in total. The van der Waals surface area contributed by atoms with Crippen molar-refractivity contribution in [1.29, 1.82) is 0 Å². The van der Waals surface area contributed by atoms with E-state index in [-0.39, 0.29) is 12.8 Å². The molecule has 0 spiro atoms. The Morgan fingerprint density at radius 3 is 2.76 bits per heavy atom. The number of hydrogen-bond acceptors (Lipinski definition) is 4. The SMILES string of the molecule is C[C@@H](N)CC1=C[N+](COCc2ccccc2)(C(=O)O)C=N1. The van der Waals surface area contributed by atoms with Crippen molar-refractivity contribution in [2.24, 2.45) is 10.7 Å². The van der Waals surface area contributed by atoms with Gasteiger partial charge in [-0.25, -0.2) is 4.99 Å². The third-order valence-corrected chi connectivity index (χ3v) is 3.11. The van der Waals surface area contributed by atoms with Gasteiger partial charge < -0.3 is 15.6 Å². The number of nitrogens with two attached hydrogens (primary N) is 1. The second-order valence-corrected chi connectivity index (χ2v) is 5.22. The average Bonchev–Trinajstić information content (AvgIpc) is 2.84. The smallest absolute Gasteiger partial charge is 0.435 e. The van der Waals surface area contributed by atoms with Crippen LogP contribution in [0.3, 0.4) is 0 Å². The monoisotopic (exact) mass is 290 g/mol. The van der Waals surface area contributed by atoms with Gasteiger partial charge in [0, 0.05) is 12.5 Å². The van der Waals surface area contributed by atoms with E-state index < -0.39 is 10.6 Å². The van der Waals surface area contributed by atoms with Gasteiger partial charge in [0.2, 0.25) is 13.1 Å². The molecular weight excluding hydrogens is 270 g/mol. The van der Waals surface area contributed by atoms with Crippen LogP contribution < -0.4 is 5.73 Å². The van der Waals surface area contributed by atoms with E-state index in [9.17, 15) is 9.90 Å². The van der Waals surface area contributed by atoms with Crippen LogP contribution in [0.4, 0.5) is 4.79 Å². The van der Waals surface area contributed by atoms with Crippen molar-refractivity contribution in [2.45, 2.75) is 26.0 Å². The molecule has 1 aliphatic heterocycles. The van der Waals surface area contributed by atoms with Crippen LogP contribution in [0.2, 0.25) is 0 Å². The van der Waals surface area contributed by atoms with E-state index in [0.29, 0.717) is 18.7 Å². The van der Waals surface area contributed by atoms with Gasteiger partial charge in [0.1, 0.15) is 11.9 Å². The van der Waals surface area contributed by atoms with Crippen LogP contribution in [-0.2, 0) is 11.3 Å². The highest BCUT2D eigenvalue weighted by atomic mass is 16.5. The summed E-state index contributed by atoms with van der Waals surface area (Å²) < 4.78 is 5.10. The van der Waals surface area contributed by atoms with E-state index in [1.165, 1.54) is 6.34 Å². The molecular formula is C15H20N3O3+. The number of aliphatic imine (C=N–C) groups is 1. The zero-order valence-electron chi connectivity index (χ0n) is 12.0. The number of nitrogens with zero attached hydrogens (tertiary/aromatic N) is 2. The number of carbonyl (C=O) groups is 1. The summed E-state index contributed by atoms with van der Waals surface area (Å²) in [5.74, 6) is 0. The summed E-state index contributed by atoms with van der Waals surface area (Å²) in [5.41, 5.74) is 7.39. The van der Waals surface area contributed by atoms with E-state index in [2.05, 4.69) is 4.99 Å². The van der Waals surface area contributed by atoms with Gasteiger partial charge in [-0.2, -0.15) is 4.79 Å². The number of benzene rings is 1. The lowest BCUT2D eigenvalue weighted by atomic mass is 10.2. The molecule has 1 heterocycles. The molecule has 0 saturated carbocycles. The number of quaternary nitrogens is 1. The van der Waals surface area contributed by atoms with Crippen molar-refractivity contribution < 1.29 is 19.1 Å². The predicted octanol–water partition coefficient (Wildman–Crippen LogP) is 2.28. The largest absolute Gasteiger partial charge is 0.526 e. The average molecular weight is 290 g/mol. The molecule has 6 nitrogen and oxygen atoms in total. The third-order valence-electron chi connectivity index (χ3n) is 3.11. The van der Waals surface area contributed by atoms with Crippen molar-refractivity contribution in [3.8, 4) is 0 Å². The molecule has 2 atom stereocenters. The Balaban J connectivity index is 1.99. The van der Waals surface area contributed by atoms with Crippen molar-refractivity contribution in [1.82, 2.24) is 0 Å². The fourth-order valence-corrected chi connectivity index (χ4v) is 2.06. The minimum Gasteiger partial charge on any atom is -0.435 e. The van der Waals surface area contributed by atoms with E-state index >= 15 is 0 Å². The second-order valence-electron chi connectivity index (χ2n) is 5.22. The van der Waals surface area contributed by atoms with Crippen LogP contribution in [0.1, 0.15) is 18.9 Å². The maximum Gasteiger partial charge on any atom is 0.526 e. The van der Waals surface area contributed by atoms with Crippen LogP contribution in [0.5, 0.6) is 0 Å². The van der Waals surface area contributed by atoms with E-state index in [4.69, 9.17) is 10.5 Å². The second kappa shape index (κ2) is 6.62.